The van der Waals surface area contributed by atoms with Crippen LogP contribution in [0.1, 0.15) is 25.8 Å². The van der Waals surface area contributed by atoms with Crippen molar-refractivity contribution in [1.82, 2.24) is 4.90 Å². The zero-order valence-electron chi connectivity index (χ0n) is 11.9. The van der Waals surface area contributed by atoms with Gasteiger partial charge < -0.3 is 10.0 Å². The van der Waals surface area contributed by atoms with Crippen LogP contribution in [0.5, 0.6) is 0 Å². The molecule has 1 rings (SSSR count). The van der Waals surface area contributed by atoms with Crippen molar-refractivity contribution < 1.29 is 9.90 Å². The van der Waals surface area contributed by atoms with Gasteiger partial charge in [-0.2, -0.15) is 0 Å². The minimum absolute atomic E-state index is 0.0228. The molecule has 1 amide bonds. The molecule has 1 N–H and O–H groups in total. The Morgan fingerprint density at radius 2 is 1.95 bits per heavy atom. The third-order valence-electron chi connectivity index (χ3n) is 2.89. The largest absolute Gasteiger partial charge is 0.395 e. The van der Waals surface area contributed by atoms with Crippen LogP contribution in [-0.4, -0.2) is 40.9 Å². The lowest BCUT2D eigenvalue weighted by Gasteiger charge is -2.25. The fraction of sp³-hybridized carbons (Fsp3) is 0.533. The second kappa shape index (κ2) is 8.23. The third kappa shape index (κ3) is 5.66. The number of benzene rings is 1. The fourth-order valence-electron chi connectivity index (χ4n) is 1.81. The smallest absolute Gasteiger partial charge is 0.223 e. The molecule has 0 atom stereocenters. The van der Waals surface area contributed by atoms with Crippen molar-refractivity contribution >= 4 is 17.7 Å². The predicted octanol–water partition coefficient (Wildman–Crippen LogP) is 2.71. The molecule has 0 spiro atoms. The molecule has 106 valence electrons. The van der Waals surface area contributed by atoms with Crippen LogP contribution in [0, 0.1) is 6.92 Å². The second-order valence-electron chi connectivity index (χ2n) is 4.82. The van der Waals surface area contributed by atoms with Crippen molar-refractivity contribution in [1.29, 1.82) is 0 Å². The maximum atomic E-state index is 12.0. The summed E-state index contributed by atoms with van der Waals surface area (Å²) in [5.41, 5.74) is 1.24. The van der Waals surface area contributed by atoms with Gasteiger partial charge in [-0.3, -0.25) is 4.79 Å². The summed E-state index contributed by atoms with van der Waals surface area (Å²) >= 11 is 1.69. The van der Waals surface area contributed by atoms with E-state index in [0.717, 1.165) is 5.75 Å². The number of nitrogens with zero attached hydrogens (tertiary/aromatic N) is 1. The van der Waals surface area contributed by atoms with Crippen LogP contribution < -0.4 is 0 Å². The van der Waals surface area contributed by atoms with Gasteiger partial charge >= 0.3 is 0 Å². The first-order valence-electron chi connectivity index (χ1n) is 6.64. The number of hydrogen-bond acceptors (Lipinski definition) is 3. The number of aliphatic hydroxyl groups excluding tert-OH is 1. The number of hydrogen-bond donors (Lipinski definition) is 1. The normalized spacial score (nSPS) is 10.8. The van der Waals surface area contributed by atoms with Gasteiger partial charge in [-0.1, -0.05) is 17.7 Å². The van der Waals surface area contributed by atoms with Gasteiger partial charge in [-0.15, -0.1) is 11.8 Å². The van der Waals surface area contributed by atoms with Gasteiger partial charge in [0.05, 0.1) is 6.61 Å². The van der Waals surface area contributed by atoms with Crippen LogP contribution >= 0.6 is 11.8 Å². The molecule has 0 aliphatic rings. The van der Waals surface area contributed by atoms with E-state index in [4.69, 9.17) is 5.11 Å². The van der Waals surface area contributed by atoms with Gasteiger partial charge in [0.2, 0.25) is 5.91 Å². The van der Waals surface area contributed by atoms with Crippen LogP contribution in [0.15, 0.2) is 29.2 Å². The lowest BCUT2D eigenvalue weighted by molar-refractivity contribution is -0.132. The number of thioether (sulfide) groups is 1. The van der Waals surface area contributed by atoms with Crippen LogP contribution in [0.2, 0.25) is 0 Å². The molecule has 0 saturated heterocycles. The molecule has 0 radical (unpaired) electrons. The highest BCUT2D eigenvalue weighted by Crippen LogP contribution is 2.19. The van der Waals surface area contributed by atoms with Gasteiger partial charge in [-0.05, 0) is 32.9 Å². The lowest BCUT2D eigenvalue weighted by Crippen LogP contribution is -2.39. The molecule has 0 bridgehead atoms. The summed E-state index contributed by atoms with van der Waals surface area (Å²) in [4.78, 5) is 14.9. The Bertz CT molecular complexity index is 390. The molecule has 0 heterocycles. The molecule has 19 heavy (non-hydrogen) atoms. The molecule has 0 aliphatic carbocycles. The number of amides is 1. The molecule has 1 aromatic rings. The summed E-state index contributed by atoms with van der Waals surface area (Å²) in [5, 5.41) is 8.96. The summed E-state index contributed by atoms with van der Waals surface area (Å²) in [6.07, 6.45) is 0.511. The minimum atomic E-state index is 0.0228. The molecule has 1 aromatic carbocycles. The summed E-state index contributed by atoms with van der Waals surface area (Å²) in [7, 11) is 0. The Morgan fingerprint density at radius 3 is 2.47 bits per heavy atom. The summed E-state index contributed by atoms with van der Waals surface area (Å²) in [6, 6.07) is 8.47. The highest BCUT2D eigenvalue weighted by Gasteiger charge is 2.15. The SMILES string of the molecule is Cc1ccc(SCCC(=O)N(CCO)C(C)C)cc1. The van der Waals surface area contributed by atoms with Crippen molar-refractivity contribution in [3.63, 3.8) is 0 Å². The van der Waals surface area contributed by atoms with E-state index in [1.54, 1.807) is 16.7 Å². The molecule has 3 nitrogen and oxygen atoms in total. The Balaban J connectivity index is 2.39. The number of rotatable bonds is 7. The van der Waals surface area contributed by atoms with Gasteiger partial charge in [0, 0.05) is 29.7 Å². The Labute approximate surface area is 120 Å². The summed E-state index contributed by atoms with van der Waals surface area (Å²) in [6.45, 7) is 6.45. The quantitative estimate of drug-likeness (QED) is 0.781. The fourth-order valence-corrected chi connectivity index (χ4v) is 2.65. The second-order valence-corrected chi connectivity index (χ2v) is 5.98. The van der Waals surface area contributed by atoms with Crippen molar-refractivity contribution in [2.24, 2.45) is 0 Å². The van der Waals surface area contributed by atoms with E-state index in [2.05, 4.69) is 31.2 Å². The van der Waals surface area contributed by atoms with E-state index in [-0.39, 0.29) is 18.6 Å². The maximum absolute atomic E-state index is 12.0. The number of aliphatic hydroxyl groups is 1. The first-order chi connectivity index (χ1) is 9.04. The monoisotopic (exact) mass is 281 g/mol. The van der Waals surface area contributed by atoms with E-state index in [1.165, 1.54) is 10.5 Å². The van der Waals surface area contributed by atoms with Gasteiger partial charge in [0.1, 0.15) is 0 Å². The maximum Gasteiger partial charge on any atom is 0.223 e. The molecule has 0 saturated carbocycles. The van der Waals surface area contributed by atoms with Crippen LogP contribution in [0.25, 0.3) is 0 Å². The molecule has 4 heteroatoms. The molecular weight excluding hydrogens is 258 g/mol. The van der Waals surface area contributed by atoms with Crippen molar-refractivity contribution in [2.75, 3.05) is 18.9 Å². The van der Waals surface area contributed by atoms with Gasteiger partial charge in [0.25, 0.3) is 0 Å². The van der Waals surface area contributed by atoms with Gasteiger partial charge in [0.15, 0.2) is 0 Å². The summed E-state index contributed by atoms with van der Waals surface area (Å²) in [5.74, 6) is 0.889. The van der Waals surface area contributed by atoms with Gasteiger partial charge in [-0.25, -0.2) is 0 Å². The topological polar surface area (TPSA) is 40.5 Å². The van der Waals surface area contributed by atoms with E-state index in [0.29, 0.717) is 13.0 Å². The van der Waals surface area contributed by atoms with Crippen LogP contribution in [0.3, 0.4) is 0 Å². The Kier molecular flexibility index (Phi) is 6.95. The van der Waals surface area contributed by atoms with Crippen molar-refractivity contribution in [3.05, 3.63) is 29.8 Å². The average Bonchev–Trinajstić information content (AvgIpc) is 2.37. The average molecular weight is 281 g/mol. The number of carbonyl (C=O) groups is 1. The lowest BCUT2D eigenvalue weighted by atomic mass is 10.2. The molecule has 0 unspecified atom stereocenters. The predicted molar refractivity (Wildman–Crippen MR) is 80.5 cm³/mol. The zero-order valence-corrected chi connectivity index (χ0v) is 12.7. The molecule has 0 aromatic heterocycles. The Morgan fingerprint density at radius 1 is 1.32 bits per heavy atom. The third-order valence-corrected chi connectivity index (χ3v) is 3.90. The van der Waals surface area contributed by atoms with Crippen molar-refractivity contribution in [2.45, 2.75) is 38.1 Å². The standard InChI is InChI=1S/C15H23NO2S/c1-12(2)16(9-10-17)15(18)8-11-19-14-6-4-13(3)5-7-14/h4-7,12,17H,8-11H2,1-3H3. The van der Waals surface area contributed by atoms with Crippen LogP contribution in [-0.2, 0) is 4.79 Å². The number of carbonyl (C=O) groups excluding carboxylic acids is 1. The highest BCUT2D eigenvalue weighted by molar-refractivity contribution is 7.99. The first kappa shape index (κ1) is 16.1. The van der Waals surface area contributed by atoms with E-state index in [9.17, 15) is 4.79 Å². The highest BCUT2D eigenvalue weighted by atomic mass is 32.2. The minimum Gasteiger partial charge on any atom is -0.395 e. The first-order valence-corrected chi connectivity index (χ1v) is 7.63. The Hall–Kier alpha value is -1.00. The number of aryl methyl sites for hydroxylation is 1. The molecule has 0 fully saturated rings. The summed E-state index contributed by atoms with van der Waals surface area (Å²) < 4.78 is 0. The molecule has 0 aliphatic heterocycles. The molecular formula is C15H23NO2S. The van der Waals surface area contributed by atoms with Crippen molar-refractivity contribution in [3.8, 4) is 0 Å². The van der Waals surface area contributed by atoms with E-state index in [1.807, 2.05) is 13.8 Å². The van der Waals surface area contributed by atoms with E-state index >= 15 is 0 Å². The van der Waals surface area contributed by atoms with Crippen LogP contribution in [0.4, 0.5) is 0 Å². The van der Waals surface area contributed by atoms with E-state index < -0.39 is 0 Å². The zero-order chi connectivity index (χ0) is 14.3.